The third kappa shape index (κ3) is 14.5. The number of unbranched alkanes of at least 4 members (excludes halogenated alkanes) is 13. The quantitative estimate of drug-likeness (QED) is 0.107. The molecule has 1 heterocycles. The van der Waals surface area contributed by atoms with Crippen molar-refractivity contribution in [2.75, 3.05) is 13.2 Å². The van der Waals surface area contributed by atoms with Crippen LogP contribution in [0.25, 0.3) is 0 Å². The summed E-state index contributed by atoms with van der Waals surface area (Å²) >= 11 is 0. The van der Waals surface area contributed by atoms with Crippen LogP contribution in [0.3, 0.4) is 0 Å². The normalized spacial score (nSPS) is 25.3. The molecule has 38 heavy (non-hydrogen) atoms. The molecule has 0 aromatic heterocycles. The molecule has 1 fully saturated rings. The predicted octanol–water partition coefficient (Wildman–Crippen LogP) is 3.32. The molecule has 1 rings (SSSR count). The highest BCUT2D eigenvalue weighted by molar-refractivity contribution is 5.76. The maximum absolute atomic E-state index is 12.7. The van der Waals surface area contributed by atoms with Crippen LogP contribution in [0.4, 0.5) is 0 Å². The molecule has 0 spiro atoms. The maximum atomic E-state index is 12.7. The fourth-order valence-corrected chi connectivity index (χ4v) is 4.86. The summed E-state index contributed by atoms with van der Waals surface area (Å²) in [6.45, 7) is 3.70. The molecule has 0 saturated carbocycles. The number of hydrogen-bond donors (Lipinski definition) is 6. The first kappa shape index (κ1) is 35.2. The minimum Gasteiger partial charge on any atom is -0.394 e. The van der Waals surface area contributed by atoms with Crippen LogP contribution in [-0.4, -0.2) is 87.5 Å². The minimum atomic E-state index is -1.54. The summed E-state index contributed by atoms with van der Waals surface area (Å²) in [4.78, 5) is 12.7. The van der Waals surface area contributed by atoms with E-state index in [2.05, 4.69) is 19.2 Å². The number of ether oxygens (including phenoxy) is 2. The Balaban J connectivity index is 2.55. The van der Waals surface area contributed by atoms with Crippen LogP contribution in [-0.2, 0) is 14.3 Å². The zero-order valence-corrected chi connectivity index (χ0v) is 23.9. The van der Waals surface area contributed by atoms with Gasteiger partial charge in [-0.15, -0.1) is 0 Å². The van der Waals surface area contributed by atoms with Gasteiger partial charge in [-0.3, -0.25) is 4.79 Å². The largest absolute Gasteiger partial charge is 0.394 e. The fourth-order valence-electron chi connectivity index (χ4n) is 4.86. The molecule has 1 saturated heterocycles. The predicted molar refractivity (Wildman–Crippen MR) is 147 cm³/mol. The summed E-state index contributed by atoms with van der Waals surface area (Å²) in [6, 6.07) is -0.705. The van der Waals surface area contributed by atoms with Crippen LogP contribution < -0.4 is 5.32 Å². The van der Waals surface area contributed by atoms with E-state index >= 15 is 0 Å². The van der Waals surface area contributed by atoms with Crippen LogP contribution in [0.1, 0.15) is 123 Å². The molecule has 6 N–H and O–H groups in total. The lowest BCUT2D eigenvalue weighted by molar-refractivity contribution is -0.302. The average Bonchev–Trinajstić information content (AvgIpc) is 2.91. The highest BCUT2D eigenvalue weighted by Gasteiger charge is 2.44. The number of carbonyl (C=O) groups excluding carboxylic acids is 1. The molecule has 0 aromatic carbocycles. The topological polar surface area (TPSA) is 149 Å². The minimum absolute atomic E-state index is 0.135. The summed E-state index contributed by atoms with van der Waals surface area (Å²) < 4.78 is 11.1. The molecule has 9 nitrogen and oxygen atoms in total. The van der Waals surface area contributed by atoms with Crippen molar-refractivity contribution < 1.29 is 39.8 Å². The van der Waals surface area contributed by atoms with E-state index in [9.17, 15) is 30.3 Å². The van der Waals surface area contributed by atoms with Crippen molar-refractivity contribution in [3.05, 3.63) is 0 Å². The SMILES string of the molecule is CCCCCCCCCCC(=O)NC(COC1OC(CO)C(O)C(O)C1O)C(O)CCCCCCCCC. The lowest BCUT2D eigenvalue weighted by atomic mass is 9.99. The molecular weight excluding hydrogens is 490 g/mol. The lowest BCUT2D eigenvalue weighted by Gasteiger charge is -2.40. The second-order valence-electron chi connectivity index (χ2n) is 10.9. The first-order chi connectivity index (χ1) is 18.3. The van der Waals surface area contributed by atoms with Gasteiger partial charge in [-0.05, 0) is 12.8 Å². The standard InChI is InChI=1S/C29H57NO8/c1-3-5-7-9-11-13-15-17-19-25(33)30-22(23(32)18-16-14-12-10-8-6-4-2)21-37-29-28(36)27(35)26(34)24(20-31)38-29/h22-24,26-29,31-32,34-36H,3-21H2,1-2H3,(H,30,33). The van der Waals surface area contributed by atoms with Crippen molar-refractivity contribution in [1.29, 1.82) is 0 Å². The molecular formula is C29H57NO8. The molecule has 1 aliphatic heterocycles. The van der Waals surface area contributed by atoms with Gasteiger partial charge in [-0.2, -0.15) is 0 Å². The summed E-state index contributed by atoms with van der Waals surface area (Å²) in [6.07, 6.45) is 10.0. The van der Waals surface area contributed by atoms with Crippen molar-refractivity contribution in [1.82, 2.24) is 5.32 Å². The number of aliphatic hydroxyl groups is 5. The Hall–Kier alpha value is -0.810. The molecule has 226 valence electrons. The molecule has 1 aliphatic rings. The number of rotatable bonds is 23. The smallest absolute Gasteiger partial charge is 0.220 e. The van der Waals surface area contributed by atoms with Gasteiger partial charge in [-0.25, -0.2) is 0 Å². The van der Waals surface area contributed by atoms with Crippen molar-refractivity contribution in [3.8, 4) is 0 Å². The Bertz CT molecular complexity index is 579. The average molecular weight is 548 g/mol. The van der Waals surface area contributed by atoms with E-state index in [1.165, 1.54) is 57.8 Å². The number of aliphatic hydroxyl groups excluding tert-OH is 5. The molecule has 0 bridgehead atoms. The van der Waals surface area contributed by atoms with Gasteiger partial charge in [0, 0.05) is 6.42 Å². The number of nitrogens with one attached hydrogen (secondary N) is 1. The van der Waals surface area contributed by atoms with Crippen molar-refractivity contribution >= 4 is 5.91 Å². The highest BCUT2D eigenvalue weighted by atomic mass is 16.7. The zero-order chi connectivity index (χ0) is 28.2. The fraction of sp³-hybridized carbons (Fsp3) is 0.966. The maximum Gasteiger partial charge on any atom is 0.220 e. The summed E-state index contributed by atoms with van der Waals surface area (Å²) in [5.41, 5.74) is 0. The van der Waals surface area contributed by atoms with Crippen LogP contribution in [0.5, 0.6) is 0 Å². The Morgan fingerprint density at radius 1 is 0.789 bits per heavy atom. The second-order valence-corrected chi connectivity index (χ2v) is 10.9. The highest BCUT2D eigenvalue weighted by Crippen LogP contribution is 2.22. The Kier molecular flexibility index (Phi) is 20.3. The molecule has 7 atom stereocenters. The van der Waals surface area contributed by atoms with E-state index in [1.807, 2.05) is 0 Å². The number of amides is 1. The molecule has 7 unspecified atom stereocenters. The first-order valence-electron chi connectivity index (χ1n) is 15.2. The van der Waals surface area contributed by atoms with Crippen molar-refractivity contribution in [2.45, 2.75) is 166 Å². The van der Waals surface area contributed by atoms with Crippen molar-refractivity contribution in [3.63, 3.8) is 0 Å². The van der Waals surface area contributed by atoms with E-state index in [4.69, 9.17) is 9.47 Å². The first-order valence-corrected chi connectivity index (χ1v) is 15.2. The van der Waals surface area contributed by atoms with Gasteiger partial charge in [0.25, 0.3) is 0 Å². The second kappa shape index (κ2) is 21.9. The molecule has 9 heteroatoms. The van der Waals surface area contributed by atoms with Crippen LogP contribution >= 0.6 is 0 Å². The van der Waals surface area contributed by atoms with Gasteiger partial charge in [0.15, 0.2) is 6.29 Å². The molecule has 0 radical (unpaired) electrons. The third-order valence-corrected chi connectivity index (χ3v) is 7.46. The van der Waals surface area contributed by atoms with E-state index in [1.54, 1.807) is 0 Å². The monoisotopic (exact) mass is 547 g/mol. The van der Waals surface area contributed by atoms with Crippen LogP contribution in [0, 0.1) is 0 Å². The Labute approximate surface area is 230 Å². The Morgan fingerprint density at radius 3 is 1.87 bits per heavy atom. The Morgan fingerprint density at radius 2 is 1.32 bits per heavy atom. The van der Waals surface area contributed by atoms with Crippen molar-refractivity contribution in [2.24, 2.45) is 0 Å². The molecule has 0 aromatic rings. The van der Waals surface area contributed by atoms with Gasteiger partial charge in [-0.1, -0.05) is 104 Å². The number of carbonyl (C=O) groups is 1. The van der Waals surface area contributed by atoms with E-state index in [0.29, 0.717) is 12.8 Å². The molecule has 1 amide bonds. The van der Waals surface area contributed by atoms with Gasteiger partial charge in [0.1, 0.15) is 24.4 Å². The zero-order valence-electron chi connectivity index (χ0n) is 23.9. The van der Waals surface area contributed by atoms with E-state index < -0.39 is 49.5 Å². The summed E-state index contributed by atoms with van der Waals surface area (Å²) in [5.74, 6) is -0.156. The molecule has 0 aliphatic carbocycles. The summed E-state index contributed by atoms with van der Waals surface area (Å²) in [5, 5.41) is 53.4. The van der Waals surface area contributed by atoms with E-state index in [-0.39, 0.29) is 12.5 Å². The van der Waals surface area contributed by atoms with Gasteiger partial charge in [0.2, 0.25) is 5.91 Å². The lowest BCUT2D eigenvalue weighted by Crippen LogP contribution is -2.60. The van der Waals surface area contributed by atoms with Gasteiger partial charge >= 0.3 is 0 Å². The van der Waals surface area contributed by atoms with E-state index in [0.717, 1.165) is 38.5 Å². The van der Waals surface area contributed by atoms with Crippen LogP contribution in [0.15, 0.2) is 0 Å². The van der Waals surface area contributed by atoms with Crippen LogP contribution in [0.2, 0.25) is 0 Å². The third-order valence-electron chi connectivity index (χ3n) is 7.46. The summed E-state index contributed by atoms with van der Waals surface area (Å²) in [7, 11) is 0. The van der Waals surface area contributed by atoms with Gasteiger partial charge < -0.3 is 40.3 Å². The van der Waals surface area contributed by atoms with Gasteiger partial charge in [0.05, 0.1) is 25.4 Å². The number of hydrogen-bond acceptors (Lipinski definition) is 8.